The Kier molecular flexibility index (Phi) is 4.44. The molecule has 0 aliphatic carbocycles. The molecule has 0 N–H and O–H groups in total. The van der Waals surface area contributed by atoms with Crippen LogP contribution in [0.2, 0.25) is 0 Å². The predicted octanol–water partition coefficient (Wildman–Crippen LogP) is 4.32. The molecule has 0 bridgehead atoms. The summed E-state index contributed by atoms with van der Waals surface area (Å²) in [5.74, 6) is -0.265. The zero-order chi connectivity index (χ0) is 17.3. The van der Waals surface area contributed by atoms with Gasteiger partial charge in [-0.1, -0.05) is 23.8 Å². The lowest BCUT2D eigenvalue weighted by molar-refractivity contribution is -0.122. The van der Waals surface area contributed by atoms with Gasteiger partial charge in [-0.15, -0.1) is 6.58 Å². The number of aromatic nitrogens is 1. The summed E-state index contributed by atoms with van der Waals surface area (Å²) in [5.41, 5.74) is 4.28. The number of thioether (sulfide) groups is 1. The molecule has 3 rings (SSSR count). The van der Waals surface area contributed by atoms with Gasteiger partial charge in [0.05, 0.1) is 4.91 Å². The molecule has 1 aliphatic rings. The number of hydrogen-bond acceptors (Lipinski definition) is 3. The monoisotopic (exact) mass is 338 g/mol. The van der Waals surface area contributed by atoms with E-state index in [4.69, 9.17) is 0 Å². The lowest BCUT2D eigenvalue weighted by atomic mass is 10.1. The van der Waals surface area contributed by atoms with Crippen molar-refractivity contribution in [2.24, 2.45) is 0 Å². The fourth-order valence-corrected chi connectivity index (χ4v) is 3.56. The van der Waals surface area contributed by atoms with Gasteiger partial charge in [-0.05, 0) is 55.4 Å². The first-order chi connectivity index (χ1) is 11.5. The van der Waals surface area contributed by atoms with Gasteiger partial charge in [0, 0.05) is 24.1 Å². The summed E-state index contributed by atoms with van der Waals surface area (Å²) >= 11 is 0.968. The Morgan fingerprint density at radius 2 is 2.00 bits per heavy atom. The molecule has 24 heavy (non-hydrogen) atoms. The molecule has 4 nitrogen and oxygen atoms in total. The number of carbonyl (C=O) groups excluding carboxylic acids is 2. The van der Waals surface area contributed by atoms with Gasteiger partial charge in [0.15, 0.2) is 0 Å². The number of nitrogens with zero attached hydrogens (tertiary/aromatic N) is 2. The van der Waals surface area contributed by atoms with Crippen molar-refractivity contribution in [3.63, 3.8) is 0 Å². The van der Waals surface area contributed by atoms with E-state index in [-0.39, 0.29) is 17.7 Å². The van der Waals surface area contributed by atoms with Crippen LogP contribution in [0.5, 0.6) is 0 Å². The highest BCUT2D eigenvalue weighted by atomic mass is 32.2. The van der Waals surface area contributed by atoms with Crippen LogP contribution in [0, 0.1) is 13.8 Å². The van der Waals surface area contributed by atoms with E-state index < -0.39 is 0 Å². The first-order valence-electron chi connectivity index (χ1n) is 7.62. The van der Waals surface area contributed by atoms with Crippen LogP contribution in [-0.2, 0) is 4.79 Å². The minimum Gasteiger partial charge on any atom is -0.317 e. The minimum atomic E-state index is -0.265. The Morgan fingerprint density at radius 1 is 1.21 bits per heavy atom. The van der Waals surface area contributed by atoms with Gasteiger partial charge >= 0.3 is 0 Å². The number of aryl methyl sites for hydroxylation is 2. The van der Waals surface area contributed by atoms with Crippen molar-refractivity contribution in [3.05, 3.63) is 70.9 Å². The molecule has 1 aromatic heterocycles. The van der Waals surface area contributed by atoms with Crippen LogP contribution in [0.1, 0.15) is 16.8 Å². The average molecular weight is 338 g/mol. The summed E-state index contributed by atoms with van der Waals surface area (Å²) in [6.07, 6.45) is 5.28. The van der Waals surface area contributed by atoms with Crippen LogP contribution in [0.15, 0.2) is 54.1 Å². The zero-order valence-corrected chi connectivity index (χ0v) is 14.5. The quantitative estimate of drug-likeness (QED) is 0.616. The second kappa shape index (κ2) is 6.53. The topological polar surface area (TPSA) is 42.3 Å². The Labute approximate surface area is 145 Å². The summed E-state index contributed by atoms with van der Waals surface area (Å²) < 4.78 is 2.02. The molecule has 122 valence electrons. The van der Waals surface area contributed by atoms with E-state index in [1.807, 2.05) is 22.9 Å². The molecule has 0 atom stereocenters. The molecule has 2 aromatic rings. The number of rotatable bonds is 4. The third kappa shape index (κ3) is 2.95. The van der Waals surface area contributed by atoms with Crippen molar-refractivity contribution < 1.29 is 9.59 Å². The van der Waals surface area contributed by atoms with Gasteiger partial charge < -0.3 is 4.57 Å². The maximum absolute atomic E-state index is 12.4. The van der Waals surface area contributed by atoms with Crippen LogP contribution in [0.4, 0.5) is 4.79 Å². The lowest BCUT2D eigenvalue weighted by Gasteiger charge is -2.11. The third-order valence-electron chi connectivity index (χ3n) is 3.86. The van der Waals surface area contributed by atoms with Crippen LogP contribution in [0.3, 0.4) is 0 Å². The van der Waals surface area contributed by atoms with E-state index in [0.717, 1.165) is 28.7 Å². The number of imide groups is 1. The van der Waals surface area contributed by atoms with Crippen molar-refractivity contribution in [1.29, 1.82) is 0 Å². The fraction of sp³-hybridized carbons (Fsp3) is 0.158. The summed E-state index contributed by atoms with van der Waals surface area (Å²) in [6.45, 7) is 7.94. The fourth-order valence-electron chi connectivity index (χ4n) is 2.73. The van der Waals surface area contributed by atoms with E-state index >= 15 is 0 Å². The maximum Gasteiger partial charge on any atom is 0.293 e. The van der Waals surface area contributed by atoms with Crippen LogP contribution in [-0.4, -0.2) is 27.2 Å². The van der Waals surface area contributed by atoms with Crippen LogP contribution in [0.25, 0.3) is 11.8 Å². The minimum absolute atomic E-state index is 0.236. The van der Waals surface area contributed by atoms with Gasteiger partial charge in [-0.2, -0.15) is 0 Å². The maximum atomic E-state index is 12.4. The number of amides is 2. The first kappa shape index (κ1) is 16.3. The van der Waals surface area contributed by atoms with Gasteiger partial charge in [0.2, 0.25) is 0 Å². The van der Waals surface area contributed by atoms with Crippen molar-refractivity contribution in [3.8, 4) is 5.69 Å². The highest BCUT2D eigenvalue weighted by Gasteiger charge is 2.34. The number of benzene rings is 1. The predicted molar refractivity (Wildman–Crippen MR) is 98.1 cm³/mol. The van der Waals surface area contributed by atoms with Crippen molar-refractivity contribution in [1.82, 2.24) is 9.47 Å². The Balaban J connectivity index is 1.98. The molecule has 1 aliphatic heterocycles. The van der Waals surface area contributed by atoms with Gasteiger partial charge in [-0.3, -0.25) is 14.5 Å². The Bertz CT molecular complexity index is 864. The normalized spacial score (nSPS) is 16.2. The highest BCUT2D eigenvalue weighted by Crippen LogP contribution is 2.32. The molecule has 0 saturated carbocycles. The number of carbonyl (C=O) groups is 2. The standard InChI is InChI=1S/C19H18N2O2S/c1-4-9-21-18(22)17(24-19(21)23)12-15-6-5-10-20(15)16-8-7-13(2)11-14(16)3/h4-8,10-12H,1,9H2,2-3H3/b17-12+. The molecular formula is C19H18N2O2S. The second-order valence-corrected chi connectivity index (χ2v) is 6.67. The van der Waals surface area contributed by atoms with E-state index in [2.05, 4.69) is 38.6 Å². The van der Waals surface area contributed by atoms with Gasteiger partial charge in [0.1, 0.15) is 0 Å². The Morgan fingerprint density at radius 3 is 2.71 bits per heavy atom. The van der Waals surface area contributed by atoms with Gasteiger partial charge in [-0.25, -0.2) is 0 Å². The molecule has 1 saturated heterocycles. The Hall–Kier alpha value is -2.53. The average Bonchev–Trinajstić information content (AvgIpc) is 3.08. The molecule has 1 aromatic carbocycles. The molecule has 2 amide bonds. The first-order valence-corrected chi connectivity index (χ1v) is 8.44. The summed E-state index contributed by atoms with van der Waals surface area (Å²) in [4.78, 5) is 25.9. The van der Waals surface area contributed by atoms with E-state index in [0.29, 0.717) is 4.91 Å². The molecule has 0 unspecified atom stereocenters. The molecule has 5 heteroatoms. The summed E-state index contributed by atoms with van der Waals surface area (Å²) in [7, 11) is 0. The van der Waals surface area contributed by atoms with Crippen LogP contribution < -0.4 is 0 Å². The second-order valence-electron chi connectivity index (χ2n) is 5.67. The molecule has 0 radical (unpaired) electrons. The van der Waals surface area contributed by atoms with E-state index in [1.165, 1.54) is 10.5 Å². The zero-order valence-electron chi connectivity index (χ0n) is 13.7. The third-order valence-corrected chi connectivity index (χ3v) is 4.76. The molecule has 1 fully saturated rings. The van der Waals surface area contributed by atoms with Crippen molar-refractivity contribution in [2.75, 3.05) is 6.54 Å². The van der Waals surface area contributed by atoms with E-state index in [1.54, 1.807) is 12.2 Å². The SMILES string of the molecule is C=CCN1C(=O)S/C(=C/c2cccn2-c2ccc(C)cc2C)C1=O. The van der Waals surface area contributed by atoms with Gasteiger partial charge in [0.25, 0.3) is 11.1 Å². The van der Waals surface area contributed by atoms with Crippen molar-refractivity contribution in [2.45, 2.75) is 13.8 Å². The van der Waals surface area contributed by atoms with Crippen LogP contribution >= 0.6 is 11.8 Å². The molecule has 0 spiro atoms. The lowest BCUT2D eigenvalue weighted by Crippen LogP contribution is -2.27. The molecule has 2 heterocycles. The number of hydrogen-bond donors (Lipinski definition) is 0. The van der Waals surface area contributed by atoms with Crippen molar-refractivity contribution >= 4 is 29.0 Å². The smallest absolute Gasteiger partial charge is 0.293 e. The molecular weight excluding hydrogens is 320 g/mol. The largest absolute Gasteiger partial charge is 0.317 e. The summed E-state index contributed by atoms with van der Waals surface area (Å²) in [5, 5.41) is -0.254. The highest BCUT2D eigenvalue weighted by molar-refractivity contribution is 8.18. The summed E-state index contributed by atoms with van der Waals surface area (Å²) in [6, 6.07) is 10.1. The van der Waals surface area contributed by atoms with E-state index in [9.17, 15) is 9.59 Å².